The van der Waals surface area contributed by atoms with E-state index in [2.05, 4.69) is 29.2 Å². The van der Waals surface area contributed by atoms with Crippen molar-refractivity contribution >= 4 is 33.2 Å². The summed E-state index contributed by atoms with van der Waals surface area (Å²) >= 11 is 1.54. The van der Waals surface area contributed by atoms with Crippen LogP contribution in [0.3, 0.4) is 0 Å². The van der Waals surface area contributed by atoms with E-state index >= 15 is 0 Å². The Bertz CT molecular complexity index is 1060. The molecule has 6 heteroatoms. The van der Waals surface area contributed by atoms with E-state index < -0.39 is 0 Å². The third-order valence-corrected chi connectivity index (χ3v) is 7.83. The number of hydrogen-bond donors (Lipinski definition) is 1. The standard InChI is InChI=1S/C25H27N3O2S/c26-24(29)23-20-16-28(25(30)22-13-18-10-4-5-11-21(18)31-22)15-19(20)14-27(23)12-6-9-17-7-2-1-3-8-17/h1-5,7-8,10-11,13,19-20,23H,6,9,12,14-16H2,(H2,26,29)/t19?,20-,23?/m1/s1. The summed E-state index contributed by atoms with van der Waals surface area (Å²) in [6.45, 7) is 3.01. The molecule has 1 aromatic heterocycles. The molecule has 0 spiro atoms. The van der Waals surface area contributed by atoms with Gasteiger partial charge in [0.25, 0.3) is 5.91 Å². The highest BCUT2D eigenvalue weighted by Gasteiger charge is 2.50. The Balaban J connectivity index is 1.24. The molecule has 31 heavy (non-hydrogen) atoms. The molecule has 5 rings (SSSR count). The number of thiophene rings is 1. The average Bonchev–Trinajstić information content (AvgIpc) is 3.46. The maximum atomic E-state index is 13.1. The minimum Gasteiger partial charge on any atom is -0.368 e. The Morgan fingerprint density at radius 3 is 2.55 bits per heavy atom. The number of aryl methyl sites for hydroxylation is 1. The monoisotopic (exact) mass is 433 g/mol. The summed E-state index contributed by atoms with van der Waals surface area (Å²) in [5.74, 6) is 0.262. The molecule has 0 radical (unpaired) electrons. The van der Waals surface area contributed by atoms with Crippen molar-refractivity contribution in [3.05, 3.63) is 71.1 Å². The van der Waals surface area contributed by atoms with Crippen LogP contribution in [0.25, 0.3) is 10.1 Å². The quantitative estimate of drug-likeness (QED) is 0.648. The van der Waals surface area contributed by atoms with Gasteiger partial charge in [-0.1, -0.05) is 48.5 Å². The first kappa shape index (κ1) is 20.2. The maximum Gasteiger partial charge on any atom is 0.263 e. The van der Waals surface area contributed by atoms with Crippen LogP contribution < -0.4 is 5.73 Å². The fourth-order valence-corrected chi connectivity index (χ4v) is 6.32. The SMILES string of the molecule is NC(=O)C1[C@@H]2CN(C(=O)c3cc4ccccc4s3)CC2CN1CCCc1ccccc1. The molecule has 0 bridgehead atoms. The number of rotatable bonds is 6. The van der Waals surface area contributed by atoms with Crippen LogP contribution in [0.2, 0.25) is 0 Å². The molecule has 3 atom stereocenters. The van der Waals surface area contributed by atoms with Gasteiger partial charge in [-0.05, 0) is 48.4 Å². The number of fused-ring (bicyclic) bond motifs is 2. The van der Waals surface area contributed by atoms with E-state index in [0.29, 0.717) is 19.0 Å². The van der Waals surface area contributed by atoms with Crippen LogP contribution in [-0.4, -0.2) is 53.8 Å². The van der Waals surface area contributed by atoms with Crippen molar-refractivity contribution in [3.63, 3.8) is 0 Å². The lowest BCUT2D eigenvalue weighted by Gasteiger charge is -2.27. The van der Waals surface area contributed by atoms with Crippen LogP contribution in [0.4, 0.5) is 0 Å². The summed E-state index contributed by atoms with van der Waals surface area (Å²) in [6.07, 6.45) is 1.99. The number of likely N-dealkylation sites (tertiary alicyclic amines) is 2. The molecule has 5 nitrogen and oxygen atoms in total. The average molecular weight is 434 g/mol. The second-order valence-electron chi connectivity index (χ2n) is 8.71. The third-order valence-electron chi connectivity index (χ3n) is 6.73. The fraction of sp³-hybridized carbons (Fsp3) is 0.360. The zero-order valence-corrected chi connectivity index (χ0v) is 18.3. The summed E-state index contributed by atoms with van der Waals surface area (Å²) in [6, 6.07) is 20.2. The zero-order chi connectivity index (χ0) is 21.4. The third kappa shape index (κ3) is 3.98. The molecule has 2 aliphatic rings. The molecule has 2 unspecified atom stereocenters. The molecule has 160 valence electrons. The first-order valence-electron chi connectivity index (χ1n) is 11.0. The van der Waals surface area contributed by atoms with Gasteiger partial charge in [-0.3, -0.25) is 14.5 Å². The number of hydrogen-bond acceptors (Lipinski definition) is 4. The number of amides is 2. The molecule has 3 aromatic rings. The topological polar surface area (TPSA) is 66.6 Å². The van der Waals surface area contributed by atoms with Crippen molar-refractivity contribution in [1.29, 1.82) is 0 Å². The van der Waals surface area contributed by atoms with Crippen molar-refractivity contribution in [2.24, 2.45) is 17.6 Å². The Morgan fingerprint density at radius 2 is 1.77 bits per heavy atom. The smallest absolute Gasteiger partial charge is 0.263 e. The van der Waals surface area contributed by atoms with Crippen molar-refractivity contribution in [2.75, 3.05) is 26.2 Å². The Kier molecular flexibility index (Phi) is 5.50. The second kappa shape index (κ2) is 8.44. The first-order chi connectivity index (χ1) is 15.1. The first-order valence-corrected chi connectivity index (χ1v) is 11.8. The second-order valence-corrected chi connectivity index (χ2v) is 9.80. The number of nitrogens with zero attached hydrogens (tertiary/aromatic N) is 2. The Hall–Kier alpha value is -2.70. The predicted octanol–water partition coefficient (Wildman–Crippen LogP) is 3.39. The summed E-state index contributed by atoms with van der Waals surface area (Å²) in [7, 11) is 0. The van der Waals surface area contributed by atoms with Crippen LogP contribution in [0.1, 0.15) is 21.7 Å². The van der Waals surface area contributed by atoms with E-state index in [-0.39, 0.29) is 23.8 Å². The molecule has 2 N–H and O–H groups in total. The van der Waals surface area contributed by atoms with E-state index in [4.69, 9.17) is 5.73 Å². The molecule has 0 saturated carbocycles. The Morgan fingerprint density at radius 1 is 1.00 bits per heavy atom. The van der Waals surface area contributed by atoms with E-state index in [1.807, 2.05) is 41.3 Å². The van der Waals surface area contributed by atoms with E-state index in [9.17, 15) is 9.59 Å². The Labute approximate surface area is 186 Å². The highest BCUT2D eigenvalue weighted by atomic mass is 32.1. The predicted molar refractivity (Wildman–Crippen MR) is 124 cm³/mol. The van der Waals surface area contributed by atoms with E-state index in [1.165, 1.54) is 5.56 Å². The minimum atomic E-state index is -0.277. The van der Waals surface area contributed by atoms with Crippen LogP contribution >= 0.6 is 11.3 Å². The summed E-state index contributed by atoms with van der Waals surface area (Å²) < 4.78 is 1.13. The largest absolute Gasteiger partial charge is 0.368 e. The minimum absolute atomic E-state index is 0.0782. The molecule has 0 aliphatic carbocycles. The van der Waals surface area contributed by atoms with Crippen LogP contribution in [0.5, 0.6) is 0 Å². The lowest BCUT2D eigenvalue weighted by atomic mass is 9.94. The van der Waals surface area contributed by atoms with Crippen molar-refractivity contribution in [1.82, 2.24) is 9.80 Å². The molecular weight excluding hydrogens is 406 g/mol. The maximum absolute atomic E-state index is 13.1. The van der Waals surface area contributed by atoms with Gasteiger partial charge in [0.05, 0.1) is 10.9 Å². The zero-order valence-electron chi connectivity index (χ0n) is 17.4. The fourth-order valence-electron chi connectivity index (χ4n) is 5.29. The molecule has 2 saturated heterocycles. The normalized spacial score (nSPS) is 23.4. The number of carbonyl (C=O) groups is 2. The van der Waals surface area contributed by atoms with Gasteiger partial charge in [-0.25, -0.2) is 0 Å². The van der Waals surface area contributed by atoms with Gasteiger partial charge in [-0.2, -0.15) is 0 Å². The van der Waals surface area contributed by atoms with Crippen molar-refractivity contribution < 1.29 is 9.59 Å². The number of benzene rings is 2. The molecular formula is C25H27N3O2S. The molecule has 3 heterocycles. The van der Waals surface area contributed by atoms with Gasteiger partial charge in [0.1, 0.15) is 0 Å². The van der Waals surface area contributed by atoms with Gasteiger partial charge in [-0.15, -0.1) is 11.3 Å². The highest BCUT2D eigenvalue weighted by molar-refractivity contribution is 7.20. The molecule has 2 amide bonds. The molecule has 2 aromatic carbocycles. The van der Waals surface area contributed by atoms with Gasteiger partial charge in [0.2, 0.25) is 5.91 Å². The van der Waals surface area contributed by atoms with Crippen LogP contribution in [0, 0.1) is 11.8 Å². The highest BCUT2D eigenvalue weighted by Crippen LogP contribution is 2.38. The van der Waals surface area contributed by atoms with E-state index in [0.717, 1.165) is 40.9 Å². The van der Waals surface area contributed by atoms with Gasteiger partial charge in [0.15, 0.2) is 0 Å². The van der Waals surface area contributed by atoms with Gasteiger partial charge in [0, 0.05) is 30.3 Å². The lowest BCUT2D eigenvalue weighted by molar-refractivity contribution is -0.123. The number of nitrogens with two attached hydrogens (primary N) is 1. The van der Waals surface area contributed by atoms with Crippen molar-refractivity contribution in [2.45, 2.75) is 18.9 Å². The molecule has 2 fully saturated rings. The number of carbonyl (C=O) groups excluding carboxylic acids is 2. The summed E-state index contributed by atoms with van der Waals surface area (Å²) in [5, 5.41) is 1.11. The van der Waals surface area contributed by atoms with Crippen LogP contribution in [-0.2, 0) is 11.2 Å². The van der Waals surface area contributed by atoms with Gasteiger partial charge < -0.3 is 10.6 Å². The van der Waals surface area contributed by atoms with Gasteiger partial charge >= 0.3 is 0 Å². The lowest BCUT2D eigenvalue weighted by Crippen LogP contribution is -2.46. The summed E-state index contributed by atoms with van der Waals surface area (Å²) in [5.41, 5.74) is 7.15. The van der Waals surface area contributed by atoms with Crippen LogP contribution in [0.15, 0.2) is 60.7 Å². The number of primary amides is 1. The van der Waals surface area contributed by atoms with E-state index in [1.54, 1.807) is 11.3 Å². The summed E-state index contributed by atoms with van der Waals surface area (Å²) in [4.78, 5) is 30.4. The van der Waals surface area contributed by atoms with Crippen molar-refractivity contribution in [3.8, 4) is 0 Å². The molecule has 2 aliphatic heterocycles.